The van der Waals surface area contributed by atoms with Crippen molar-refractivity contribution < 1.29 is 23.2 Å². The van der Waals surface area contributed by atoms with E-state index in [-0.39, 0.29) is 11.4 Å². The van der Waals surface area contributed by atoms with Crippen LogP contribution in [0.15, 0.2) is 65.1 Å². The van der Waals surface area contributed by atoms with Gasteiger partial charge in [0.2, 0.25) is 0 Å². The third-order valence-corrected chi connectivity index (χ3v) is 6.01. The first-order chi connectivity index (χ1) is 16.6. The van der Waals surface area contributed by atoms with E-state index in [0.717, 1.165) is 21.3 Å². The van der Waals surface area contributed by atoms with Crippen LogP contribution < -0.4 is 16.1 Å². The summed E-state index contributed by atoms with van der Waals surface area (Å²) in [4.78, 5) is 38.2. The Labute approximate surface area is 211 Å². The molecule has 0 aliphatic rings. The molecule has 3 amide bonds. The summed E-state index contributed by atoms with van der Waals surface area (Å²) in [6, 6.07) is 14.1. The molecule has 0 radical (unpaired) electrons. The quantitative estimate of drug-likeness (QED) is 0.283. The maximum Gasteiger partial charge on any atom is 0.328 e. The van der Waals surface area contributed by atoms with Crippen molar-refractivity contribution in [3.63, 3.8) is 0 Å². The van der Waals surface area contributed by atoms with Gasteiger partial charge in [-0.1, -0.05) is 33.6 Å². The van der Waals surface area contributed by atoms with E-state index in [1.807, 2.05) is 0 Å². The number of anilines is 2. The van der Waals surface area contributed by atoms with E-state index in [0.29, 0.717) is 33.2 Å². The average molecular weight is 562 g/mol. The van der Waals surface area contributed by atoms with Gasteiger partial charge in [-0.25, -0.2) is 13.5 Å². The summed E-state index contributed by atoms with van der Waals surface area (Å²) < 4.78 is 28.9. The number of benzene rings is 3. The molecule has 4 rings (SSSR count). The molecule has 0 aliphatic carbocycles. The number of rotatable bonds is 4. The Kier molecular flexibility index (Phi) is 6.86. The van der Waals surface area contributed by atoms with E-state index >= 15 is 0 Å². The number of hydrogen-bond acceptors (Lipinski definition) is 3. The molecule has 0 spiro atoms. The highest BCUT2D eigenvalue weighted by atomic mass is 79.9. The van der Waals surface area contributed by atoms with Gasteiger partial charge < -0.3 is 10.6 Å². The minimum absolute atomic E-state index is 0.0200. The number of hydrogen-bond donors (Lipinski definition) is 3. The summed E-state index contributed by atoms with van der Waals surface area (Å²) in [5.74, 6) is -4.85. The second-order valence-electron chi connectivity index (χ2n) is 7.45. The van der Waals surface area contributed by atoms with Crippen molar-refractivity contribution in [2.75, 3.05) is 16.1 Å². The molecule has 1 aromatic heterocycles. The standard InChI is InChI=1S/C24H16BrClF2N4O3/c1-12-16(26)3-2-4-18(12)29-22(33)21-10-13-9-14(25)5-8-20(13)32(21)31-24(35)23(34)30-19-7-6-15(27)11-17(19)28/h2-11H,1H3,(H,29,33)(H,30,34)(H,31,35). The average Bonchev–Trinajstić information content (AvgIpc) is 3.16. The molecular weight excluding hydrogens is 546 g/mol. The zero-order valence-corrected chi connectivity index (χ0v) is 20.3. The monoisotopic (exact) mass is 560 g/mol. The van der Waals surface area contributed by atoms with Crippen molar-refractivity contribution in [1.82, 2.24) is 4.68 Å². The van der Waals surface area contributed by atoms with Crippen LogP contribution in [-0.2, 0) is 9.59 Å². The molecule has 7 nitrogen and oxygen atoms in total. The number of nitrogens with zero attached hydrogens (tertiary/aromatic N) is 1. The van der Waals surface area contributed by atoms with E-state index < -0.39 is 29.4 Å². The predicted octanol–water partition coefficient (Wildman–Crippen LogP) is 5.60. The molecule has 0 fully saturated rings. The smallest absolute Gasteiger partial charge is 0.320 e. The lowest BCUT2D eigenvalue weighted by molar-refractivity contribution is -0.133. The van der Waals surface area contributed by atoms with Crippen LogP contribution in [0.2, 0.25) is 5.02 Å². The fourth-order valence-corrected chi connectivity index (χ4v) is 3.88. The Morgan fingerprint density at radius 1 is 0.914 bits per heavy atom. The predicted molar refractivity (Wildman–Crippen MR) is 133 cm³/mol. The van der Waals surface area contributed by atoms with E-state index in [2.05, 4.69) is 32.0 Å². The van der Waals surface area contributed by atoms with Crippen LogP contribution in [0.1, 0.15) is 16.1 Å². The van der Waals surface area contributed by atoms with Crippen molar-refractivity contribution in [3.05, 3.63) is 93.1 Å². The van der Waals surface area contributed by atoms with Crippen LogP contribution in [0.3, 0.4) is 0 Å². The largest absolute Gasteiger partial charge is 0.328 e. The summed E-state index contributed by atoms with van der Waals surface area (Å²) in [7, 11) is 0. The zero-order valence-electron chi connectivity index (χ0n) is 18.0. The Bertz CT molecular complexity index is 1510. The van der Waals surface area contributed by atoms with Gasteiger partial charge in [0.15, 0.2) is 0 Å². The number of carbonyl (C=O) groups excluding carboxylic acids is 3. The van der Waals surface area contributed by atoms with Crippen LogP contribution in [0.4, 0.5) is 20.2 Å². The van der Waals surface area contributed by atoms with Gasteiger partial charge in [-0.2, -0.15) is 0 Å². The summed E-state index contributed by atoms with van der Waals surface area (Å²) >= 11 is 9.49. The van der Waals surface area contributed by atoms with E-state index in [9.17, 15) is 23.2 Å². The van der Waals surface area contributed by atoms with E-state index in [4.69, 9.17) is 11.6 Å². The Morgan fingerprint density at radius 3 is 2.43 bits per heavy atom. The summed E-state index contributed by atoms with van der Waals surface area (Å²) in [5.41, 5.74) is 3.56. The number of fused-ring (bicyclic) bond motifs is 1. The van der Waals surface area contributed by atoms with Crippen molar-refractivity contribution >= 4 is 67.5 Å². The molecule has 35 heavy (non-hydrogen) atoms. The van der Waals surface area contributed by atoms with Crippen molar-refractivity contribution in [2.24, 2.45) is 0 Å². The number of amides is 3. The normalized spacial score (nSPS) is 10.8. The molecule has 0 atom stereocenters. The molecule has 178 valence electrons. The minimum Gasteiger partial charge on any atom is -0.320 e. The number of nitrogens with one attached hydrogen (secondary N) is 3. The van der Waals surface area contributed by atoms with Crippen molar-refractivity contribution in [1.29, 1.82) is 0 Å². The number of halogens is 4. The van der Waals surface area contributed by atoms with Crippen LogP contribution in [0, 0.1) is 18.6 Å². The fraction of sp³-hybridized carbons (Fsp3) is 0.0417. The highest BCUT2D eigenvalue weighted by molar-refractivity contribution is 9.10. The van der Waals surface area contributed by atoms with Crippen LogP contribution in [0.5, 0.6) is 0 Å². The molecule has 4 aromatic rings. The van der Waals surface area contributed by atoms with Gasteiger partial charge in [-0.15, -0.1) is 0 Å². The van der Waals surface area contributed by atoms with E-state index in [1.54, 1.807) is 43.3 Å². The molecule has 0 bridgehead atoms. The van der Waals surface area contributed by atoms with Gasteiger partial charge in [0.05, 0.1) is 11.2 Å². The Balaban J connectivity index is 1.65. The van der Waals surface area contributed by atoms with Crippen LogP contribution >= 0.6 is 27.5 Å². The van der Waals surface area contributed by atoms with Gasteiger partial charge in [-0.05, 0) is 61.0 Å². The van der Waals surface area contributed by atoms with Crippen molar-refractivity contribution in [2.45, 2.75) is 6.92 Å². The second-order valence-corrected chi connectivity index (χ2v) is 8.78. The molecule has 11 heteroatoms. The number of carbonyl (C=O) groups is 3. The van der Waals surface area contributed by atoms with Crippen molar-refractivity contribution in [3.8, 4) is 0 Å². The Hall–Kier alpha value is -3.76. The Morgan fingerprint density at radius 2 is 1.69 bits per heavy atom. The third-order valence-electron chi connectivity index (χ3n) is 5.11. The molecule has 0 saturated heterocycles. The second kappa shape index (κ2) is 9.85. The first kappa shape index (κ1) is 24.4. The zero-order chi connectivity index (χ0) is 25.3. The first-order valence-corrected chi connectivity index (χ1v) is 11.3. The van der Waals surface area contributed by atoms with Crippen LogP contribution in [-0.4, -0.2) is 22.4 Å². The van der Waals surface area contributed by atoms with Gasteiger partial charge in [0, 0.05) is 26.6 Å². The van der Waals surface area contributed by atoms with Gasteiger partial charge in [-0.3, -0.25) is 19.8 Å². The summed E-state index contributed by atoms with van der Waals surface area (Å²) in [6.45, 7) is 1.74. The first-order valence-electron chi connectivity index (χ1n) is 10.1. The lowest BCUT2D eigenvalue weighted by Gasteiger charge is -2.14. The molecule has 0 aliphatic heterocycles. The number of aromatic nitrogens is 1. The third kappa shape index (κ3) is 5.18. The lowest BCUT2D eigenvalue weighted by atomic mass is 10.2. The minimum atomic E-state index is -1.22. The van der Waals surface area contributed by atoms with E-state index in [1.165, 1.54) is 6.07 Å². The topological polar surface area (TPSA) is 92.2 Å². The summed E-state index contributed by atoms with van der Waals surface area (Å²) in [5, 5.41) is 5.88. The summed E-state index contributed by atoms with van der Waals surface area (Å²) in [6.07, 6.45) is 0. The molecular formula is C24H16BrClF2N4O3. The van der Waals surface area contributed by atoms with Crippen LogP contribution in [0.25, 0.3) is 10.9 Å². The molecule has 0 unspecified atom stereocenters. The lowest BCUT2D eigenvalue weighted by Crippen LogP contribution is -2.36. The van der Waals surface area contributed by atoms with Gasteiger partial charge in [0.1, 0.15) is 17.3 Å². The fourth-order valence-electron chi connectivity index (χ4n) is 3.33. The van der Waals surface area contributed by atoms with Gasteiger partial charge >= 0.3 is 11.8 Å². The molecule has 0 saturated carbocycles. The SMILES string of the molecule is Cc1c(Cl)cccc1NC(=O)c1cc2cc(Br)ccc2n1NC(=O)C(=O)Nc1ccc(F)cc1F. The molecule has 3 N–H and O–H groups in total. The molecule has 1 heterocycles. The maximum atomic E-state index is 13.9. The maximum absolute atomic E-state index is 13.9. The molecule has 3 aromatic carbocycles. The highest BCUT2D eigenvalue weighted by Gasteiger charge is 2.22. The highest BCUT2D eigenvalue weighted by Crippen LogP contribution is 2.26. The van der Waals surface area contributed by atoms with Gasteiger partial charge in [0.25, 0.3) is 5.91 Å².